The molecule has 1 saturated carbocycles. The van der Waals surface area contributed by atoms with Gasteiger partial charge in [0.1, 0.15) is 6.17 Å². The zero-order chi connectivity index (χ0) is 11.8. The van der Waals surface area contributed by atoms with Crippen molar-refractivity contribution in [2.45, 2.75) is 65.1 Å². The lowest BCUT2D eigenvalue weighted by Gasteiger charge is -2.46. The molecular weight excluding hydrogens is 201 g/mol. The van der Waals surface area contributed by atoms with E-state index in [1.54, 1.807) is 0 Å². The molecule has 0 radical (unpaired) electrons. The van der Waals surface area contributed by atoms with Crippen molar-refractivity contribution in [2.75, 3.05) is 13.1 Å². The van der Waals surface area contributed by atoms with Crippen LogP contribution < -0.4 is 0 Å². The zero-order valence-corrected chi connectivity index (χ0v) is 11.0. The maximum Gasteiger partial charge on any atom is 0.103 e. The van der Waals surface area contributed by atoms with Gasteiger partial charge in [-0.25, -0.2) is 4.39 Å². The number of hydrogen-bond donors (Lipinski definition) is 0. The summed E-state index contributed by atoms with van der Waals surface area (Å²) in [6, 6.07) is 0.721. The van der Waals surface area contributed by atoms with Crippen LogP contribution in [0.25, 0.3) is 0 Å². The van der Waals surface area contributed by atoms with Crippen molar-refractivity contribution in [3.8, 4) is 0 Å². The molecule has 2 aliphatic rings. The SMILES string of the molecule is C[C@@H]1CC[C@@H](N2CCC(F)CC2)CC1(C)C. The first-order valence-electron chi connectivity index (χ1n) is 6.87. The number of hydrogen-bond acceptors (Lipinski definition) is 1. The Bertz CT molecular complexity index is 231. The van der Waals surface area contributed by atoms with Gasteiger partial charge in [-0.05, 0) is 43.4 Å². The van der Waals surface area contributed by atoms with Gasteiger partial charge in [0.2, 0.25) is 0 Å². The van der Waals surface area contributed by atoms with Crippen molar-refractivity contribution in [3.05, 3.63) is 0 Å². The Balaban J connectivity index is 1.91. The van der Waals surface area contributed by atoms with Crippen LogP contribution in [0.2, 0.25) is 0 Å². The van der Waals surface area contributed by atoms with Gasteiger partial charge in [-0.1, -0.05) is 20.8 Å². The van der Waals surface area contributed by atoms with E-state index in [0.717, 1.165) is 37.9 Å². The summed E-state index contributed by atoms with van der Waals surface area (Å²) in [7, 11) is 0. The molecule has 1 nitrogen and oxygen atoms in total. The van der Waals surface area contributed by atoms with E-state index in [4.69, 9.17) is 0 Å². The van der Waals surface area contributed by atoms with Gasteiger partial charge in [-0.3, -0.25) is 0 Å². The molecule has 0 aromatic rings. The highest BCUT2D eigenvalue weighted by atomic mass is 19.1. The molecule has 1 heterocycles. The van der Waals surface area contributed by atoms with Gasteiger partial charge >= 0.3 is 0 Å². The van der Waals surface area contributed by atoms with Crippen LogP contribution in [0.15, 0.2) is 0 Å². The second kappa shape index (κ2) is 4.64. The van der Waals surface area contributed by atoms with Crippen molar-refractivity contribution in [1.82, 2.24) is 4.90 Å². The van der Waals surface area contributed by atoms with Crippen molar-refractivity contribution in [1.29, 1.82) is 0 Å². The van der Waals surface area contributed by atoms with Gasteiger partial charge in [0.05, 0.1) is 0 Å². The fourth-order valence-corrected chi connectivity index (χ4v) is 3.29. The first kappa shape index (κ1) is 12.3. The summed E-state index contributed by atoms with van der Waals surface area (Å²) >= 11 is 0. The summed E-state index contributed by atoms with van der Waals surface area (Å²) in [6.45, 7) is 9.13. The number of rotatable bonds is 1. The van der Waals surface area contributed by atoms with E-state index < -0.39 is 6.17 Å². The lowest BCUT2D eigenvalue weighted by atomic mass is 9.67. The molecule has 2 fully saturated rings. The largest absolute Gasteiger partial charge is 0.300 e. The molecule has 16 heavy (non-hydrogen) atoms. The molecule has 0 N–H and O–H groups in total. The quantitative estimate of drug-likeness (QED) is 0.661. The third-order valence-corrected chi connectivity index (χ3v) is 5.00. The van der Waals surface area contributed by atoms with Crippen molar-refractivity contribution in [2.24, 2.45) is 11.3 Å². The Morgan fingerprint density at radius 1 is 1.06 bits per heavy atom. The molecule has 0 unspecified atom stereocenters. The second-order valence-corrected chi connectivity index (χ2v) is 6.54. The van der Waals surface area contributed by atoms with Gasteiger partial charge in [-0.2, -0.15) is 0 Å². The molecule has 2 heteroatoms. The van der Waals surface area contributed by atoms with Crippen LogP contribution in [0.4, 0.5) is 4.39 Å². The highest BCUT2D eigenvalue weighted by molar-refractivity contribution is 4.90. The van der Waals surface area contributed by atoms with Crippen LogP contribution in [0, 0.1) is 11.3 Å². The van der Waals surface area contributed by atoms with Gasteiger partial charge < -0.3 is 4.90 Å². The van der Waals surface area contributed by atoms with E-state index in [-0.39, 0.29) is 0 Å². The highest BCUT2D eigenvalue weighted by Crippen LogP contribution is 2.42. The fraction of sp³-hybridized carbons (Fsp3) is 1.00. The second-order valence-electron chi connectivity index (χ2n) is 6.54. The average Bonchev–Trinajstić information content (AvgIpc) is 2.23. The van der Waals surface area contributed by atoms with E-state index in [1.807, 2.05) is 0 Å². The predicted octanol–water partition coefficient (Wildman–Crippen LogP) is 3.64. The summed E-state index contributed by atoms with van der Waals surface area (Å²) in [4.78, 5) is 2.55. The van der Waals surface area contributed by atoms with E-state index in [2.05, 4.69) is 25.7 Å². The maximum atomic E-state index is 13.1. The monoisotopic (exact) mass is 227 g/mol. The van der Waals surface area contributed by atoms with Crippen LogP contribution >= 0.6 is 0 Å². The highest BCUT2D eigenvalue weighted by Gasteiger charge is 2.37. The summed E-state index contributed by atoms with van der Waals surface area (Å²) in [5, 5.41) is 0. The van der Waals surface area contributed by atoms with Crippen molar-refractivity contribution >= 4 is 0 Å². The maximum absolute atomic E-state index is 13.1. The molecule has 1 aliphatic heterocycles. The number of likely N-dealkylation sites (tertiary alicyclic amines) is 1. The minimum absolute atomic E-state index is 0.468. The minimum atomic E-state index is -0.535. The molecule has 1 saturated heterocycles. The normalized spacial score (nSPS) is 37.5. The molecular formula is C14H26FN. The number of piperidine rings is 1. The molecule has 0 bridgehead atoms. The van der Waals surface area contributed by atoms with Gasteiger partial charge in [-0.15, -0.1) is 0 Å². The van der Waals surface area contributed by atoms with E-state index in [1.165, 1.54) is 19.3 Å². The van der Waals surface area contributed by atoms with Gasteiger partial charge in [0, 0.05) is 19.1 Å². The number of halogens is 1. The topological polar surface area (TPSA) is 3.24 Å². The first-order valence-corrected chi connectivity index (χ1v) is 6.87. The Morgan fingerprint density at radius 3 is 2.25 bits per heavy atom. The summed E-state index contributed by atoms with van der Waals surface area (Å²) in [6.07, 6.45) is 4.94. The standard InChI is InChI=1S/C14H26FN/c1-11-4-5-13(10-14(11,2)3)16-8-6-12(15)7-9-16/h11-13H,4-10H2,1-3H3/t11-,13-/m1/s1. The zero-order valence-electron chi connectivity index (χ0n) is 11.0. The first-order chi connectivity index (χ1) is 7.49. The van der Waals surface area contributed by atoms with Crippen LogP contribution in [0.3, 0.4) is 0 Å². The lowest BCUT2D eigenvalue weighted by molar-refractivity contribution is 0.0314. The molecule has 1 aliphatic carbocycles. The minimum Gasteiger partial charge on any atom is -0.300 e. The summed E-state index contributed by atoms with van der Waals surface area (Å²) in [5.74, 6) is 0.836. The molecule has 94 valence electrons. The molecule has 0 amide bonds. The van der Waals surface area contributed by atoms with Crippen LogP contribution in [0.5, 0.6) is 0 Å². The predicted molar refractivity (Wildman–Crippen MR) is 66.3 cm³/mol. The fourth-order valence-electron chi connectivity index (χ4n) is 3.29. The Hall–Kier alpha value is -0.110. The Morgan fingerprint density at radius 2 is 1.69 bits per heavy atom. The molecule has 2 rings (SSSR count). The summed E-state index contributed by atoms with van der Waals surface area (Å²) in [5.41, 5.74) is 0.468. The number of nitrogens with zero attached hydrogens (tertiary/aromatic N) is 1. The number of alkyl halides is 1. The average molecular weight is 227 g/mol. The van der Waals surface area contributed by atoms with Gasteiger partial charge in [0.25, 0.3) is 0 Å². The van der Waals surface area contributed by atoms with E-state index in [9.17, 15) is 4.39 Å². The van der Waals surface area contributed by atoms with E-state index >= 15 is 0 Å². The third kappa shape index (κ3) is 2.58. The Labute approximate surface area is 99.4 Å². The smallest absolute Gasteiger partial charge is 0.103 e. The lowest BCUT2D eigenvalue weighted by Crippen LogP contribution is -2.47. The molecule has 0 aromatic heterocycles. The van der Waals surface area contributed by atoms with E-state index in [0.29, 0.717) is 5.41 Å². The van der Waals surface area contributed by atoms with Crippen LogP contribution in [-0.2, 0) is 0 Å². The van der Waals surface area contributed by atoms with Gasteiger partial charge in [0.15, 0.2) is 0 Å². The third-order valence-electron chi connectivity index (χ3n) is 5.00. The van der Waals surface area contributed by atoms with Crippen LogP contribution in [0.1, 0.15) is 52.9 Å². The van der Waals surface area contributed by atoms with Crippen LogP contribution in [-0.4, -0.2) is 30.2 Å². The molecule has 2 atom stereocenters. The van der Waals surface area contributed by atoms with Crippen molar-refractivity contribution in [3.63, 3.8) is 0 Å². The molecule has 0 spiro atoms. The van der Waals surface area contributed by atoms with Crippen molar-refractivity contribution < 1.29 is 4.39 Å². The molecule has 0 aromatic carbocycles. The Kier molecular flexibility index (Phi) is 3.58. The summed E-state index contributed by atoms with van der Waals surface area (Å²) < 4.78 is 13.1.